The van der Waals surface area contributed by atoms with Crippen LogP contribution in [0.3, 0.4) is 0 Å². The van der Waals surface area contributed by atoms with Gasteiger partial charge in [0.1, 0.15) is 5.75 Å². The summed E-state index contributed by atoms with van der Waals surface area (Å²) in [7, 11) is 1.70. The molecule has 96 valence electrons. The zero-order valence-corrected chi connectivity index (χ0v) is 11.3. The van der Waals surface area contributed by atoms with E-state index in [0.29, 0.717) is 0 Å². The summed E-state index contributed by atoms with van der Waals surface area (Å²) in [5.41, 5.74) is 6.95. The maximum atomic E-state index is 5.94. The molecule has 1 unspecified atom stereocenters. The number of nitrogens with two attached hydrogens (primary N) is 1. The highest BCUT2D eigenvalue weighted by Crippen LogP contribution is 2.29. The number of benzene rings is 1. The molecular formula is C14H24N2O. The van der Waals surface area contributed by atoms with Gasteiger partial charge in [0.25, 0.3) is 0 Å². The second-order valence-electron chi connectivity index (χ2n) is 4.87. The van der Waals surface area contributed by atoms with Crippen molar-refractivity contribution >= 4 is 0 Å². The fourth-order valence-corrected chi connectivity index (χ4v) is 1.79. The van der Waals surface area contributed by atoms with E-state index in [1.54, 1.807) is 7.11 Å². The van der Waals surface area contributed by atoms with Crippen LogP contribution in [0.15, 0.2) is 24.3 Å². The van der Waals surface area contributed by atoms with E-state index in [1.165, 1.54) is 0 Å². The number of methoxy groups -OCH3 is 1. The Labute approximate surface area is 104 Å². The number of ether oxygens (including phenoxy) is 1. The molecule has 0 aliphatic rings. The molecule has 0 spiro atoms. The quantitative estimate of drug-likeness (QED) is 0.796. The Hall–Kier alpha value is -1.06. The van der Waals surface area contributed by atoms with Gasteiger partial charge in [-0.2, -0.15) is 0 Å². The summed E-state index contributed by atoms with van der Waals surface area (Å²) in [5, 5.41) is 3.50. The molecule has 0 amide bonds. The highest BCUT2D eigenvalue weighted by Gasteiger charge is 2.23. The zero-order chi connectivity index (χ0) is 12.9. The molecule has 0 bridgehead atoms. The fraction of sp³-hybridized carbons (Fsp3) is 0.571. The Morgan fingerprint density at radius 1 is 1.35 bits per heavy atom. The molecule has 3 nitrogen and oxygen atoms in total. The minimum Gasteiger partial charge on any atom is -0.496 e. The summed E-state index contributed by atoms with van der Waals surface area (Å²) in [5.74, 6) is 0.912. The molecule has 1 atom stereocenters. The predicted molar refractivity (Wildman–Crippen MR) is 72.3 cm³/mol. The van der Waals surface area contributed by atoms with Gasteiger partial charge in [-0.3, -0.25) is 0 Å². The lowest BCUT2D eigenvalue weighted by Gasteiger charge is -2.29. The summed E-state index contributed by atoms with van der Waals surface area (Å²) in [4.78, 5) is 0. The van der Waals surface area contributed by atoms with E-state index in [4.69, 9.17) is 10.5 Å². The number of hydrogen-bond acceptors (Lipinski definition) is 3. The van der Waals surface area contributed by atoms with E-state index in [-0.39, 0.29) is 11.6 Å². The number of para-hydroxylation sites is 1. The lowest BCUT2D eigenvalue weighted by atomic mass is 9.93. The Balaban J connectivity index is 2.81. The van der Waals surface area contributed by atoms with Crippen molar-refractivity contribution < 1.29 is 4.74 Å². The smallest absolute Gasteiger partial charge is 0.123 e. The van der Waals surface area contributed by atoms with Gasteiger partial charge in [0, 0.05) is 23.7 Å². The van der Waals surface area contributed by atoms with Crippen LogP contribution in [0.5, 0.6) is 5.75 Å². The van der Waals surface area contributed by atoms with Gasteiger partial charge < -0.3 is 15.8 Å². The number of rotatable bonds is 6. The first-order chi connectivity index (χ1) is 8.01. The SMILES string of the molecule is CCC(N)CNC(C)(C)c1ccccc1OC. The normalized spacial score (nSPS) is 13.5. The van der Waals surface area contributed by atoms with Crippen LogP contribution in [0.25, 0.3) is 0 Å². The van der Waals surface area contributed by atoms with Crippen LogP contribution in [0.2, 0.25) is 0 Å². The molecule has 0 heterocycles. The van der Waals surface area contributed by atoms with E-state index in [2.05, 4.69) is 32.2 Å². The van der Waals surface area contributed by atoms with Gasteiger partial charge in [-0.25, -0.2) is 0 Å². The summed E-state index contributed by atoms with van der Waals surface area (Å²) < 4.78 is 5.39. The van der Waals surface area contributed by atoms with Crippen molar-refractivity contribution in [2.24, 2.45) is 5.73 Å². The molecule has 0 saturated heterocycles. The van der Waals surface area contributed by atoms with Crippen LogP contribution >= 0.6 is 0 Å². The first-order valence-corrected chi connectivity index (χ1v) is 6.15. The second-order valence-corrected chi connectivity index (χ2v) is 4.87. The maximum Gasteiger partial charge on any atom is 0.123 e. The van der Waals surface area contributed by atoms with E-state index >= 15 is 0 Å². The summed E-state index contributed by atoms with van der Waals surface area (Å²) in [6.07, 6.45) is 0.981. The first kappa shape index (κ1) is 14.0. The van der Waals surface area contributed by atoms with Crippen molar-refractivity contribution in [3.63, 3.8) is 0 Å². The molecule has 0 saturated carbocycles. The fourth-order valence-electron chi connectivity index (χ4n) is 1.79. The third-order valence-corrected chi connectivity index (χ3v) is 3.11. The van der Waals surface area contributed by atoms with Crippen molar-refractivity contribution in [3.05, 3.63) is 29.8 Å². The summed E-state index contributed by atoms with van der Waals surface area (Å²) >= 11 is 0. The highest BCUT2D eigenvalue weighted by molar-refractivity contribution is 5.38. The third kappa shape index (κ3) is 3.72. The molecule has 1 rings (SSSR count). The van der Waals surface area contributed by atoms with Crippen molar-refractivity contribution in [2.75, 3.05) is 13.7 Å². The maximum absolute atomic E-state index is 5.94. The molecule has 1 aromatic carbocycles. The summed E-state index contributed by atoms with van der Waals surface area (Å²) in [6.45, 7) is 7.20. The van der Waals surface area contributed by atoms with E-state index in [9.17, 15) is 0 Å². The Bertz CT molecular complexity index is 350. The topological polar surface area (TPSA) is 47.3 Å². The largest absolute Gasteiger partial charge is 0.496 e. The van der Waals surface area contributed by atoms with Gasteiger partial charge in [0.05, 0.1) is 7.11 Å². The van der Waals surface area contributed by atoms with Crippen LogP contribution in [-0.4, -0.2) is 19.7 Å². The lowest BCUT2D eigenvalue weighted by Crippen LogP contribution is -2.43. The van der Waals surface area contributed by atoms with Crippen molar-refractivity contribution in [3.8, 4) is 5.75 Å². The van der Waals surface area contributed by atoms with Crippen LogP contribution in [-0.2, 0) is 5.54 Å². The monoisotopic (exact) mass is 236 g/mol. The van der Waals surface area contributed by atoms with Gasteiger partial charge in [-0.1, -0.05) is 25.1 Å². The minimum absolute atomic E-state index is 0.139. The molecule has 0 aromatic heterocycles. The van der Waals surface area contributed by atoms with E-state index in [0.717, 1.165) is 24.3 Å². The van der Waals surface area contributed by atoms with Gasteiger partial charge in [0.15, 0.2) is 0 Å². The van der Waals surface area contributed by atoms with Crippen molar-refractivity contribution in [1.82, 2.24) is 5.32 Å². The van der Waals surface area contributed by atoms with Crippen molar-refractivity contribution in [1.29, 1.82) is 0 Å². The highest BCUT2D eigenvalue weighted by atomic mass is 16.5. The molecule has 17 heavy (non-hydrogen) atoms. The lowest BCUT2D eigenvalue weighted by molar-refractivity contribution is 0.350. The molecular weight excluding hydrogens is 212 g/mol. The summed E-state index contributed by atoms with van der Waals surface area (Å²) in [6, 6.07) is 8.28. The number of nitrogens with one attached hydrogen (secondary N) is 1. The first-order valence-electron chi connectivity index (χ1n) is 6.15. The minimum atomic E-state index is -0.139. The molecule has 0 aliphatic heterocycles. The van der Waals surface area contributed by atoms with Crippen LogP contribution in [0.1, 0.15) is 32.8 Å². The van der Waals surface area contributed by atoms with Crippen LogP contribution in [0.4, 0.5) is 0 Å². The Morgan fingerprint density at radius 2 is 2.00 bits per heavy atom. The molecule has 1 aromatic rings. The van der Waals surface area contributed by atoms with Crippen LogP contribution in [0, 0.1) is 0 Å². The Morgan fingerprint density at radius 3 is 2.59 bits per heavy atom. The average Bonchev–Trinajstić information content (AvgIpc) is 2.35. The van der Waals surface area contributed by atoms with Crippen LogP contribution < -0.4 is 15.8 Å². The second kappa shape index (κ2) is 6.03. The van der Waals surface area contributed by atoms with Gasteiger partial charge in [-0.05, 0) is 26.3 Å². The molecule has 3 heteroatoms. The number of hydrogen-bond donors (Lipinski definition) is 2. The van der Waals surface area contributed by atoms with Gasteiger partial charge >= 0.3 is 0 Å². The molecule has 0 radical (unpaired) electrons. The average molecular weight is 236 g/mol. The Kier molecular flexibility index (Phi) is 4.97. The van der Waals surface area contributed by atoms with Crippen molar-refractivity contribution in [2.45, 2.75) is 38.8 Å². The van der Waals surface area contributed by atoms with E-state index < -0.39 is 0 Å². The zero-order valence-electron chi connectivity index (χ0n) is 11.3. The predicted octanol–water partition coefficient (Wildman–Crippen LogP) is 2.26. The van der Waals surface area contributed by atoms with E-state index in [1.807, 2.05) is 18.2 Å². The third-order valence-electron chi connectivity index (χ3n) is 3.11. The standard InChI is InChI=1S/C14H24N2O/c1-5-11(15)10-16-14(2,3)12-8-6-7-9-13(12)17-4/h6-9,11,16H,5,10,15H2,1-4H3. The molecule has 0 aliphatic carbocycles. The molecule has 3 N–H and O–H groups in total. The van der Waals surface area contributed by atoms with Gasteiger partial charge in [0.2, 0.25) is 0 Å². The van der Waals surface area contributed by atoms with Gasteiger partial charge in [-0.15, -0.1) is 0 Å². The molecule has 0 fully saturated rings.